The Morgan fingerprint density at radius 1 is 1.08 bits per heavy atom. The third-order valence-electron chi connectivity index (χ3n) is 6.13. The van der Waals surface area contributed by atoms with E-state index in [9.17, 15) is 9.90 Å². The first kappa shape index (κ1) is 25.4. The molecule has 2 aromatic carbocycles. The Morgan fingerprint density at radius 2 is 1.79 bits per heavy atom. The van der Waals surface area contributed by atoms with E-state index in [1.807, 2.05) is 48.0 Å². The van der Waals surface area contributed by atoms with Crippen molar-refractivity contribution >= 4 is 28.4 Å². The van der Waals surface area contributed by atoms with Crippen LogP contribution in [0.15, 0.2) is 73.8 Å². The Hall–Kier alpha value is -5.29. The van der Waals surface area contributed by atoms with Crippen molar-refractivity contribution in [1.29, 1.82) is 0 Å². The van der Waals surface area contributed by atoms with Gasteiger partial charge in [-0.25, -0.2) is 19.9 Å². The van der Waals surface area contributed by atoms with Crippen molar-refractivity contribution in [3.05, 3.63) is 79.4 Å². The van der Waals surface area contributed by atoms with Crippen molar-refractivity contribution in [2.24, 2.45) is 7.05 Å². The number of aromatic nitrogens is 5. The van der Waals surface area contributed by atoms with E-state index in [-0.39, 0.29) is 18.5 Å². The summed E-state index contributed by atoms with van der Waals surface area (Å²) < 4.78 is 13.4. The summed E-state index contributed by atoms with van der Waals surface area (Å²) in [5.74, 6) is 0.901. The molecule has 11 nitrogen and oxygen atoms in total. The number of nitrogens with zero attached hydrogens (tertiary/aromatic N) is 5. The van der Waals surface area contributed by atoms with Crippen LogP contribution in [-0.2, 0) is 18.4 Å². The number of nitrogen functional groups attached to an aromatic ring is 1. The molecule has 0 aliphatic carbocycles. The van der Waals surface area contributed by atoms with Crippen LogP contribution in [0.3, 0.4) is 0 Å². The Kier molecular flexibility index (Phi) is 6.89. The maximum atomic E-state index is 11.7. The molecule has 11 heteroatoms. The minimum Gasteiger partial charge on any atom is -0.493 e. The molecule has 3 aromatic heterocycles. The number of rotatable bonds is 8. The Balaban J connectivity index is 1.62. The average Bonchev–Trinajstić information content (AvgIpc) is 3.27. The molecule has 0 aliphatic rings. The largest absolute Gasteiger partial charge is 0.493 e. The summed E-state index contributed by atoms with van der Waals surface area (Å²) in [5.41, 5.74) is 11.6. The molecule has 0 saturated heterocycles. The van der Waals surface area contributed by atoms with Crippen LogP contribution in [0.2, 0.25) is 0 Å². The number of methoxy groups -OCH3 is 1. The lowest BCUT2D eigenvalue weighted by Crippen LogP contribution is -2.06. The first-order valence-corrected chi connectivity index (χ1v) is 11.8. The van der Waals surface area contributed by atoms with Crippen molar-refractivity contribution in [3.63, 3.8) is 0 Å². The van der Waals surface area contributed by atoms with Gasteiger partial charge >= 0.3 is 6.01 Å². The molecule has 196 valence electrons. The van der Waals surface area contributed by atoms with Crippen LogP contribution in [-0.4, -0.2) is 42.6 Å². The van der Waals surface area contributed by atoms with Gasteiger partial charge in [0.2, 0.25) is 5.91 Å². The smallest absolute Gasteiger partial charge is 0.322 e. The Morgan fingerprint density at radius 3 is 2.46 bits per heavy atom. The molecule has 5 aromatic rings. The van der Waals surface area contributed by atoms with E-state index >= 15 is 0 Å². The summed E-state index contributed by atoms with van der Waals surface area (Å²) in [5, 5.41) is 12.7. The van der Waals surface area contributed by atoms with Crippen LogP contribution in [0.4, 0.5) is 11.5 Å². The second-order valence-corrected chi connectivity index (χ2v) is 8.51. The molecule has 39 heavy (non-hydrogen) atoms. The van der Waals surface area contributed by atoms with Crippen molar-refractivity contribution in [2.75, 3.05) is 18.2 Å². The summed E-state index contributed by atoms with van der Waals surface area (Å²) >= 11 is 0. The highest BCUT2D eigenvalue weighted by Crippen LogP contribution is 2.44. The van der Waals surface area contributed by atoms with Crippen LogP contribution < -0.4 is 20.5 Å². The van der Waals surface area contributed by atoms with E-state index in [2.05, 4.69) is 31.8 Å². The van der Waals surface area contributed by atoms with Crippen molar-refractivity contribution in [1.82, 2.24) is 24.5 Å². The van der Waals surface area contributed by atoms with Crippen LogP contribution in [0, 0.1) is 0 Å². The summed E-state index contributed by atoms with van der Waals surface area (Å²) in [6.45, 7) is 3.32. The molecule has 0 fully saturated rings. The third kappa shape index (κ3) is 4.86. The van der Waals surface area contributed by atoms with E-state index in [0.717, 1.165) is 22.4 Å². The van der Waals surface area contributed by atoms with E-state index in [0.29, 0.717) is 39.6 Å². The number of carbonyl (C=O) groups excluding carboxylic acids is 1. The normalized spacial score (nSPS) is 10.8. The first-order valence-electron chi connectivity index (χ1n) is 11.8. The fraction of sp³-hybridized carbons (Fsp3) is 0.107. The lowest BCUT2D eigenvalue weighted by molar-refractivity contribution is -0.111. The van der Waals surface area contributed by atoms with Gasteiger partial charge in [-0.15, -0.1) is 0 Å². The van der Waals surface area contributed by atoms with Crippen molar-refractivity contribution in [2.45, 2.75) is 6.61 Å². The molecule has 0 unspecified atom stereocenters. The lowest BCUT2D eigenvalue weighted by atomic mass is 9.98. The molecular weight excluding hydrogens is 498 g/mol. The zero-order chi connectivity index (χ0) is 27.5. The molecule has 0 radical (unpaired) electrons. The monoisotopic (exact) mass is 523 g/mol. The minimum atomic E-state index is -0.291. The van der Waals surface area contributed by atoms with Crippen molar-refractivity contribution < 1.29 is 19.4 Å². The molecule has 0 saturated carbocycles. The van der Waals surface area contributed by atoms with Crippen LogP contribution in [0.1, 0.15) is 5.56 Å². The van der Waals surface area contributed by atoms with Crippen molar-refractivity contribution in [3.8, 4) is 39.9 Å². The van der Waals surface area contributed by atoms with Gasteiger partial charge in [0.05, 0.1) is 24.8 Å². The van der Waals surface area contributed by atoms with E-state index in [4.69, 9.17) is 15.2 Å². The van der Waals surface area contributed by atoms with Gasteiger partial charge in [0.15, 0.2) is 11.5 Å². The number of benzene rings is 2. The average molecular weight is 524 g/mol. The summed E-state index contributed by atoms with van der Waals surface area (Å²) in [4.78, 5) is 28.7. The third-order valence-corrected chi connectivity index (χ3v) is 6.13. The maximum Gasteiger partial charge on any atom is 0.322 e. The number of anilines is 2. The van der Waals surface area contributed by atoms with Crippen LogP contribution in [0.5, 0.6) is 17.5 Å². The molecule has 4 N–H and O–H groups in total. The maximum absolute atomic E-state index is 11.7. The van der Waals surface area contributed by atoms with E-state index in [1.165, 1.54) is 24.8 Å². The Bertz CT molecular complexity index is 1680. The van der Waals surface area contributed by atoms with Gasteiger partial charge in [-0.3, -0.25) is 4.79 Å². The molecule has 0 spiro atoms. The number of carbonyl (C=O) groups is 1. The van der Waals surface area contributed by atoms with Gasteiger partial charge in [0, 0.05) is 36.3 Å². The molecule has 5 rings (SSSR count). The first-order chi connectivity index (χ1) is 18.9. The highest BCUT2D eigenvalue weighted by Gasteiger charge is 2.23. The summed E-state index contributed by atoms with van der Waals surface area (Å²) in [6.07, 6.45) is 5.62. The zero-order valence-electron chi connectivity index (χ0n) is 21.3. The zero-order valence-corrected chi connectivity index (χ0v) is 21.3. The number of aliphatic hydroxyl groups excluding tert-OH is 1. The molecule has 1 amide bonds. The number of nitrogens with two attached hydrogens (primary N) is 1. The quantitative estimate of drug-likeness (QED) is 0.255. The van der Waals surface area contributed by atoms with Gasteiger partial charge in [-0.1, -0.05) is 24.8 Å². The highest BCUT2D eigenvalue weighted by molar-refractivity contribution is 6.08. The molecule has 3 heterocycles. The molecule has 0 aliphatic heterocycles. The highest BCUT2D eigenvalue weighted by atomic mass is 16.5. The number of hydrogen-bond donors (Lipinski definition) is 3. The molecular formula is C28H25N7O4. The number of aryl methyl sites for hydroxylation is 1. The van der Waals surface area contributed by atoms with Gasteiger partial charge in [0.1, 0.15) is 17.8 Å². The number of aliphatic hydroxyl groups is 1. The van der Waals surface area contributed by atoms with Crippen LogP contribution >= 0.6 is 0 Å². The van der Waals surface area contributed by atoms with Crippen LogP contribution in [0.25, 0.3) is 33.4 Å². The Labute approximate surface area is 223 Å². The number of hydrogen-bond acceptors (Lipinski definition) is 9. The number of fused-ring (bicyclic) bond motifs is 1. The van der Waals surface area contributed by atoms with E-state index in [1.54, 1.807) is 13.2 Å². The second kappa shape index (κ2) is 10.6. The standard InChI is InChI=1S/C28H25N7O4/c1-4-22(37)34-19-8-5-17(6-9-19)25-23(24-26(29)32-15-33-27(24)35(25)2)18-7-10-20(21(11-18)38-3)39-28-30-12-16(14-36)13-31-28/h4-13,15,36H,1,14H2,2-3H3,(H,34,37)(H2,29,32,33). The molecule has 0 atom stereocenters. The number of nitrogens with one attached hydrogen (secondary N) is 1. The SMILES string of the molecule is C=CC(=O)Nc1ccc(-c2c(-c3ccc(Oc4ncc(CO)cn4)c(OC)c3)c3c(N)ncnc3n2C)cc1. The predicted octanol–water partition coefficient (Wildman–Crippen LogP) is 4.09. The topological polar surface area (TPSA) is 150 Å². The van der Waals surface area contributed by atoms with Gasteiger partial charge in [0.25, 0.3) is 0 Å². The predicted molar refractivity (Wildman–Crippen MR) is 147 cm³/mol. The second-order valence-electron chi connectivity index (χ2n) is 8.51. The fourth-order valence-corrected chi connectivity index (χ4v) is 4.28. The van der Waals surface area contributed by atoms with Gasteiger partial charge in [-0.05, 0) is 41.5 Å². The molecule has 0 bridgehead atoms. The van der Waals surface area contributed by atoms with E-state index < -0.39 is 0 Å². The lowest BCUT2D eigenvalue weighted by Gasteiger charge is -2.13. The van der Waals surface area contributed by atoms with Gasteiger partial charge in [-0.2, -0.15) is 0 Å². The number of amides is 1. The number of ether oxygens (including phenoxy) is 2. The van der Waals surface area contributed by atoms with Gasteiger partial charge < -0.3 is 30.2 Å². The summed E-state index contributed by atoms with van der Waals surface area (Å²) in [6, 6.07) is 13.0. The minimum absolute atomic E-state index is 0.116. The summed E-state index contributed by atoms with van der Waals surface area (Å²) in [7, 11) is 3.45. The fourth-order valence-electron chi connectivity index (χ4n) is 4.28.